The smallest absolute Gasteiger partial charge is 0.257 e. The molecule has 1 aromatic heterocycles. The molecule has 1 aromatic carbocycles. The summed E-state index contributed by atoms with van der Waals surface area (Å²) in [6.07, 6.45) is 3.69. The van der Waals surface area contributed by atoms with Crippen LogP contribution in [0.5, 0.6) is 0 Å². The highest BCUT2D eigenvalue weighted by atomic mass is 16.5. The van der Waals surface area contributed by atoms with Crippen LogP contribution in [0.1, 0.15) is 35.3 Å². The number of fused-ring (bicyclic) bond motifs is 1. The van der Waals surface area contributed by atoms with E-state index in [0.29, 0.717) is 16.8 Å². The van der Waals surface area contributed by atoms with Crippen LogP contribution in [-0.2, 0) is 13.0 Å². The molecule has 0 radical (unpaired) electrons. The number of benzene rings is 1. The molecule has 0 atom stereocenters. The molecule has 0 bridgehead atoms. The van der Waals surface area contributed by atoms with Crippen LogP contribution >= 0.6 is 0 Å². The van der Waals surface area contributed by atoms with Crippen LogP contribution in [0.4, 0.5) is 0 Å². The zero-order valence-corrected chi connectivity index (χ0v) is 14.2. The Labute approximate surface area is 142 Å². The van der Waals surface area contributed by atoms with Gasteiger partial charge in [0.2, 0.25) is 0 Å². The van der Waals surface area contributed by atoms with Gasteiger partial charge in [-0.1, -0.05) is 24.3 Å². The maximum atomic E-state index is 12.2. The molecule has 1 aliphatic rings. The van der Waals surface area contributed by atoms with E-state index in [1.54, 1.807) is 12.1 Å². The Kier molecular flexibility index (Phi) is 4.53. The van der Waals surface area contributed by atoms with Crippen molar-refractivity contribution in [2.75, 3.05) is 13.1 Å². The maximum absolute atomic E-state index is 12.2. The summed E-state index contributed by atoms with van der Waals surface area (Å²) in [5.74, 6) is -0.217. The first-order valence-corrected chi connectivity index (χ1v) is 8.24. The van der Waals surface area contributed by atoms with E-state index in [1.807, 2.05) is 0 Å². The summed E-state index contributed by atoms with van der Waals surface area (Å²) in [6, 6.07) is 11.7. The van der Waals surface area contributed by atoms with Crippen LogP contribution in [0.2, 0.25) is 0 Å². The summed E-state index contributed by atoms with van der Waals surface area (Å²) in [7, 11) is 0. The molecule has 0 aliphatic carbocycles. The SMILES string of the molecule is CC(C)(CNC(=O)c1ccc[n+]([O-])c1)N1CCc2ccccc2C1. The van der Waals surface area contributed by atoms with Gasteiger partial charge in [0.15, 0.2) is 12.4 Å². The first-order chi connectivity index (χ1) is 11.5. The number of hydrogen-bond acceptors (Lipinski definition) is 3. The molecule has 2 aromatic rings. The minimum Gasteiger partial charge on any atom is -0.619 e. The molecule has 24 heavy (non-hydrogen) atoms. The lowest BCUT2D eigenvalue weighted by Gasteiger charge is -2.41. The van der Waals surface area contributed by atoms with E-state index in [4.69, 9.17) is 0 Å². The fraction of sp³-hybridized carbons (Fsp3) is 0.368. The lowest BCUT2D eigenvalue weighted by Crippen LogP contribution is -2.53. The zero-order valence-electron chi connectivity index (χ0n) is 14.2. The average Bonchev–Trinajstić information content (AvgIpc) is 2.59. The van der Waals surface area contributed by atoms with Crippen LogP contribution in [0.3, 0.4) is 0 Å². The summed E-state index contributed by atoms with van der Waals surface area (Å²) in [4.78, 5) is 14.6. The van der Waals surface area contributed by atoms with Gasteiger partial charge in [-0.05, 0) is 37.5 Å². The molecule has 126 valence electrons. The molecule has 1 amide bonds. The Hall–Kier alpha value is -2.40. The highest BCUT2D eigenvalue weighted by Gasteiger charge is 2.30. The molecule has 2 heterocycles. The molecular formula is C19H23N3O2. The van der Waals surface area contributed by atoms with Crippen LogP contribution in [0.15, 0.2) is 48.8 Å². The van der Waals surface area contributed by atoms with Gasteiger partial charge >= 0.3 is 0 Å². The minimum atomic E-state index is -0.217. The summed E-state index contributed by atoms with van der Waals surface area (Å²) >= 11 is 0. The van der Waals surface area contributed by atoms with Crippen LogP contribution < -0.4 is 10.0 Å². The third-order valence-corrected chi connectivity index (χ3v) is 4.71. The molecule has 0 fully saturated rings. The summed E-state index contributed by atoms with van der Waals surface area (Å²) < 4.78 is 0.640. The van der Waals surface area contributed by atoms with Crippen molar-refractivity contribution >= 4 is 5.91 Å². The van der Waals surface area contributed by atoms with E-state index in [9.17, 15) is 10.0 Å². The van der Waals surface area contributed by atoms with Crippen molar-refractivity contribution in [3.05, 3.63) is 70.7 Å². The summed E-state index contributed by atoms with van der Waals surface area (Å²) in [6.45, 7) is 6.68. The summed E-state index contributed by atoms with van der Waals surface area (Å²) in [5.41, 5.74) is 2.99. The quantitative estimate of drug-likeness (QED) is 0.690. The van der Waals surface area contributed by atoms with Crippen molar-refractivity contribution in [3.8, 4) is 0 Å². The van der Waals surface area contributed by atoms with Crippen molar-refractivity contribution in [1.29, 1.82) is 0 Å². The molecule has 5 nitrogen and oxygen atoms in total. The number of pyridine rings is 1. The Morgan fingerprint density at radius 3 is 2.75 bits per heavy atom. The van der Waals surface area contributed by atoms with Gasteiger partial charge in [0.1, 0.15) is 5.56 Å². The second-order valence-corrected chi connectivity index (χ2v) is 6.89. The number of carbonyl (C=O) groups excluding carboxylic acids is 1. The van der Waals surface area contributed by atoms with Gasteiger partial charge in [0.25, 0.3) is 5.91 Å². The van der Waals surface area contributed by atoms with Gasteiger partial charge in [0.05, 0.1) is 0 Å². The fourth-order valence-electron chi connectivity index (χ4n) is 3.11. The van der Waals surface area contributed by atoms with Crippen molar-refractivity contribution < 1.29 is 9.52 Å². The van der Waals surface area contributed by atoms with Gasteiger partial charge in [0, 0.05) is 31.2 Å². The molecule has 1 aliphatic heterocycles. The number of hydrogen-bond donors (Lipinski definition) is 1. The molecule has 0 spiro atoms. The van der Waals surface area contributed by atoms with E-state index in [2.05, 4.69) is 48.3 Å². The van der Waals surface area contributed by atoms with Gasteiger partial charge < -0.3 is 10.5 Å². The lowest BCUT2D eigenvalue weighted by atomic mass is 9.94. The number of carbonyl (C=O) groups is 1. The summed E-state index contributed by atoms with van der Waals surface area (Å²) in [5, 5.41) is 14.2. The molecule has 0 unspecified atom stereocenters. The number of nitrogens with zero attached hydrogens (tertiary/aromatic N) is 2. The Morgan fingerprint density at radius 2 is 2.00 bits per heavy atom. The third-order valence-electron chi connectivity index (χ3n) is 4.71. The van der Waals surface area contributed by atoms with E-state index < -0.39 is 0 Å². The standard InChI is InChI=1S/C19H23N3O2/c1-19(2,14-20-18(23)17-8-5-10-22(24)13-17)21-11-9-15-6-3-4-7-16(15)12-21/h3-8,10,13H,9,11-12,14H2,1-2H3,(H,20,23). The van der Waals surface area contributed by atoms with E-state index in [1.165, 1.54) is 23.5 Å². The largest absolute Gasteiger partial charge is 0.619 e. The third kappa shape index (κ3) is 3.57. The topological polar surface area (TPSA) is 59.3 Å². The van der Waals surface area contributed by atoms with Crippen LogP contribution in [-0.4, -0.2) is 29.4 Å². The minimum absolute atomic E-state index is 0.161. The first-order valence-electron chi connectivity index (χ1n) is 8.24. The number of rotatable bonds is 4. The maximum Gasteiger partial charge on any atom is 0.257 e. The monoisotopic (exact) mass is 325 g/mol. The average molecular weight is 325 g/mol. The molecule has 3 rings (SSSR count). The van der Waals surface area contributed by atoms with Gasteiger partial charge in [-0.15, -0.1) is 0 Å². The number of nitrogens with one attached hydrogen (secondary N) is 1. The number of aromatic nitrogens is 1. The first kappa shape index (κ1) is 16.5. The van der Waals surface area contributed by atoms with Gasteiger partial charge in [-0.3, -0.25) is 9.69 Å². The molecular weight excluding hydrogens is 302 g/mol. The normalized spacial score (nSPS) is 14.9. The predicted octanol–water partition coefficient (Wildman–Crippen LogP) is 1.89. The molecule has 5 heteroatoms. The number of amides is 1. The van der Waals surface area contributed by atoms with E-state index in [0.717, 1.165) is 19.5 Å². The van der Waals surface area contributed by atoms with Gasteiger partial charge in [-0.25, -0.2) is 0 Å². The predicted molar refractivity (Wildman–Crippen MR) is 92.4 cm³/mol. The highest BCUT2D eigenvalue weighted by molar-refractivity contribution is 5.93. The molecule has 0 saturated carbocycles. The fourth-order valence-corrected chi connectivity index (χ4v) is 3.11. The van der Waals surface area contributed by atoms with Crippen molar-refractivity contribution in [2.24, 2.45) is 0 Å². The molecule has 0 saturated heterocycles. The van der Waals surface area contributed by atoms with Crippen LogP contribution in [0, 0.1) is 5.21 Å². The van der Waals surface area contributed by atoms with Crippen molar-refractivity contribution in [3.63, 3.8) is 0 Å². The van der Waals surface area contributed by atoms with E-state index >= 15 is 0 Å². The second kappa shape index (κ2) is 6.61. The Balaban J connectivity index is 1.63. The van der Waals surface area contributed by atoms with Gasteiger partial charge in [-0.2, -0.15) is 4.73 Å². The van der Waals surface area contributed by atoms with Crippen LogP contribution in [0.25, 0.3) is 0 Å². The Morgan fingerprint density at radius 1 is 1.25 bits per heavy atom. The lowest BCUT2D eigenvalue weighted by molar-refractivity contribution is -0.605. The Bertz CT molecular complexity index is 743. The zero-order chi connectivity index (χ0) is 17.2. The van der Waals surface area contributed by atoms with E-state index in [-0.39, 0.29) is 11.4 Å². The highest BCUT2D eigenvalue weighted by Crippen LogP contribution is 2.24. The van der Waals surface area contributed by atoms with Crippen molar-refractivity contribution in [1.82, 2.24) is 10.2 Å². The van der Waals surface area contributed by atoms with Crippen molar-refractivity contribution in [2.45, 2.75) is 32.4 Å². The molecule has 1 N–H and O–H groups in total. The second-order valence-electron chi connectivity index (χ2n) is 6.89.